The molecule has 3 rings (SSSR count). The van der Waals surface area contributed by atoms with Gasteiger partial charge in [0.05, 0.1) is 6.42 Å². The van der Waals surface area contributed by atoms with Gasteiger partial charge in [-0.3, -0.25) is 19.2 Å². The first-order chi connectivity index (χ1) is 13.1. The zero-order chi connectivity index (χ0) is 20.8. The maximum atomic E-state index is 13.4. The lowest BCUT2D eigenvalue weighted by atomic mass is 9.79. The number of aryl methyl sites for hydroxylation is 1. The number of fused-ring (bicyclic) bond motifs is 1. The standard InChI is InChI=1S/C22H20O6/c1-11-9-15(10-18(24)25)19(13(3)12(11)2)22(28-14(4)23)20(26)16-7-5-6-8-17(16)21(22)27/h5-9H,10H2,1-4H3,(H,24,25). The van der Waals surface area contributed by atoms with E-state index in [1.54, 1.807) is 25.1 Å². The normalized spacial score (nSPS) is 14.7. The lowest BCUT2D eigenvalue weighted by Crippen LogP contribution is -2.44. The van der Waals surface area contributed by atoms with Crippen molar-refractivity contribution in [3.8, 4) is 0 Å². The zero-order valence-electron chi connectivity index (χ0n) is 16.1. The van der Waals surface area contributed by atoms with Crippen LogP contribution in [0.4, 0.5) is 0 Å². The largest absolute Gasteiger partial charge is 0.481 e. The lowest BCUT2D eigenvalue weighted by molar-refractivity contribution is -0.149. The van der Waals surface area contributed by atoms with E-state index in [4.69, 9.17) is 4.74 Å². The maximum absolute atomic E-state index is 13.4. The van der Waals surface area contributed by atoms with Gasteiger partial charge in [-0.15, -0.1) is 0 Å². The predicted molar refractivity (Wildman–Crippen MR) is 101 cm³/mol. The summed E-state index contributed by atoms with van der Waals surface area (Å²) in [4.78, 5) is 50.3. The van der Waals surface area contributed by atoms with Crippen LogP contribution in [0.15, 0.2) is 30.3 Å². The Morgan fingerprint density at radius 2 is 1.54 bits per heavy atom. The smallest absolute Gasteiger partial charge is 0.307 e. The van der Waals surface area contributed by atoms with Gasteiger partial charge in [0.25, 0.3) is 5.60 Å². The van der Waals surface area contributed by atoms with Gasteiger partial charge >= 0.3 is 11.9 Å². The Kier molecular flexibility index (Phi) is 4.67. The van der Waals surface area contributed by atoms with Crippen LogP contribution < -0.4 is 0 Å². The molecule has 0 amide bonds. The van der Waals surface area contributed by atoms with E-state index in [9.17, 15) is 24.3 Å². The Balaban J connectivity index is 2.42. The van der Waals surface area contributed by atoms with Crippen LogP contribution in [0.1, 0.15) is 55.5 Å². The van der Waals surface area contributed by atoms with E-state index in [1.165, 1.54) is 12.1 Å². The molecule has 6 nitrogen and oxygen atoms in total. The highest BCUT2D eigenvalue weighted by Gasteiger charge is 2.59. The number of carboxylic acid groups (broad SMARTS) is 1. The van der Waals surface area contributed by atoms with Gasteiger partial charge in [-0.25, -0.2) is 0 Å². The van der Waals surface area contributed by atoms with Crippen molar-refractivity contribution in [2.24, 2.45) is 0 Å². The van der Waals surface area contributed by atoms with Crippen molar-refractivity contribution in [2.75, 3.05) is 0 Å². The summed E-state index contributed by atoms with van der Waals surface area (Å²) in [6.45, 7) is 6.47. The quantitative estimate of drug-likeness (QED) is 0.647. The number of carbonyl (C=O) groups is 4. The molecule has 0 atom stereocenters. The third kappa shape index (κ3) is 2.72. The molecule has 0 aliphatic heterocycles. The first-order valence-corrected chi connectivity index (χ1v) is 8.81. The lowest BCUT2D eigenvalue weighted by Gasteiger charge is -2.30. The van der Waals surface area contributed by atoms with Gasteiger partial charge in [0.2, 0.25) is 11.6 Å². The number of carbonyl (C=O) groups excluding carboxylic acids is 3. The molecule has 0 saturated heterocycles. The van der Waals surface area contributed by atoms with Crippen LogP contribution in [-0.2, 0) is 26.3 Å². The summed E-state index contributed by atoms with van der Waals surface area (Å²) in [5.74, 6) is -3.21. The molecule has 1 aliphatic rings. The maximum Gasteiger partial charge on any atom is 0.307 e. The minimum Gasteiger partial charge on any atom is -0.481 e. The monoisotopic (exact) mass is 380 g/mol. The van der Waals surface area contributed by atoms with Gasteiger partial charge in [0, 0.05) is 23.6 Å². The molecule has 1 aliphatic carbocycles. The summed E-state index contributed by atoms with van der Waals surface area (Å²) in [6.07, 6.45) is -0.406. The molecule has 2 aromatic rings. The van der Waals surface area contributed by atoms with Gasteiger partial charge < -0.3 is 9.84 Å². The van der Waals surface area contributed by atoms with Gasteiger partial charge in [-0.1, -0.05) is 30.3 Å². The molecule has 6 heteroatoms. The van der Waals surface area contributed by atoms with Crippen LogP contribution in [0.5, 0.6) is 0 Å². The van der Waals surface area contributed by atoms with Crippen molar-refractivity contribution >= 4 is 23.5 Å². The predicted octanol–water partition coefficient (Wildman–Crippen LogP) is 3.08. The zero-order valence-corrected chi connectivity index (χ0v) is 16.1. The molecular weight excluding hydrogens is 360 g/mol. The number of ether oxygens (including phenoxy) is 1. The molecule has 28 heavy (non-hydrogen) atoms. The van der Waals surface area contributed by atoms with Crippen LogP contribution >= 0.6 is 0 Å². The third-order valence-electron chi connectivity index (χ3n) is 5.29. The van der Waals surface area contributed by atoms with Crippen molar-refractivity contribution < 1.29 is 29.0 Å². The van der Waals surface area contributed by atoms with Crippen molar-refractivity contribution in [3.05, 3.63) is 69.3 Å². The molecule has 0 unspecified atom stereocenters. The minimum atomic E-state index is -2.21. The average Bonchev–Trinajstić information content (AvgIpc) is 2.82. The third-order valence-corrected chi connectivity index (χ3v) is 5.29. The van der Waals surface area contributed by atoms with Gasteiger partial charge in [-0.2, -0.15) is 0 Å². The minimum absolute atomic E-state index is 0.152. The Morgan fingerprint density at radius 3 is 2.00 bits per heavy atom. The number of aliphatic carboxylic acids is 1. The second-order valence-electron chi connectivity index (χ2n) is 7.03. The molecule has 0 heterocycles. The Bertz CT molecular complexity index is 1010. The molecule has 0 fully saturated rings. The van der Waals surface area contributed by atoms with Crippen LogP contribution in [0.3, 0.4) is 0 Å². The number of carboxylic acids is 1. The van der Waals surface area contributed by atoms with Gasteiger partial charge in [0.1, 0.15) is 0 Å². The number of Topliss-reactive ketones (excluding diaryl/α,β-unsaturated/α-hetero) is 2. The van der Waals surface area contributed by atoms with Gasteiger partial charge in [-0.05, 0) is 43.0 Å². The first kappa shape index (κ1) is 19.5. The molecule has 0 radical (unpaired) electrons. The number of ketones is 2. The van der Waals surface area contributed by atoms with Gasteiger partial charge in [0.15, 0.2) is 0 Å². The Labute approximate surface area is 162 Å². The van der Waals surface area contributed by atoms with Crippen molar-refractivity contribution in [3.63, 3.8) is 0 Å². The highest BCUT2D eigenvalue weighted by molar-refractivity contribution is 6.32. The summed E-state index contributed by atoms with van der Waals surface area (Å²) in [6, 6.07) is 7.90. The summed E-state index contributed by atoms with van der Waals surface area (Å²) in [7, 11) is 0. The SMILES string of the molecule is CC(=O)OC1(c2c(CC(=O)O)cc(C)c(C)c2C)C(=O)c2ccccc2C1=O. The second kappa shape index (κ2) is 6.71. The molecule has 0 saturated carbocycles. The van der Waals surface area contributed by atoms with E-state index in [2.05, 4.69) is 0 Å². The first-order valence-electron chi connectivity index (χ1n) is 8.81. The summed E-state index contributed by atoms with van der Waals surface area (Å²) < 4.78 is 5.46. The molecular formula is C22H20O6. The van der Waals surface area contributed by atoms with Crippen LogP contribution in [0.25, 0.3) is 0 Å². The molecule has 144 valence electrons. The fraction of sp³-hybridized carbons (Fsp3) is 0.273. The van der Waals surface area contributed by atoms with E-state index in [-0.39, 0.29) is 22.3 Å². The fourth-order valence-corrected chi connectivity index (χ4v) is 3.91. The summed E-state index contributed by atoms with van der Waals surface area (Å²) in [5, 5.41) is 9.38. The molecule has 0 aromatic heterocycles. The number of rotatable bonds is 4. The topological polar surface area (TPSA) is 97.7 Å². The highest BCUT2D eigenvalue weighted by Crippen LogP contribution is 2.44. The average molecular weight is 380 g/mol. The van der Waals surface area contributed by atoms with Crippen molar-refractivity contribution in [2.45, 2.75) is 39.7 Å². The van der Waals surface area contributed by atoms with Crippen LogP contribution in [0, 0.1) is 20.8 Å². The Hall–Kier alpha value is -3.28. The molecule has 0 spiro atoms. The summed E-state index contributed by atoms with van der Waals surface area (Å²) >= 11 is 0. The van der Waals surface area contributed by atoms with Crippen molar-refractivity contribution in [1.29, 1.82) is 0 Å². The highest BCUT2D eigenvalue weighted by atomic mass is 16.6. The van der Waals surface area contributed by atoms with E-state index >= 15 is 0 Å². The number of hydrogen-bond acceptors (Lipinski definition) is 5. The van der Waals surface area contributed by atoms with Crippen LogP contribution in [0.2, 0.25) is 0 Å². The number of benzene rings is 2. The number of esters is 1. The van der Waals surface area contributed by atoms with E-state index in [0.29, 0.717) is 5.56 Å². The molecule has 0 bridgehead atoms. The Morgan fingerprint density at radius 1 is 1.00 bits per heavy atom. The van der Waals surface area contributed by atoms with Crippen LogP contribution in [-0.4, -0.2) is 28.6 Å². The van der Waals surface area contributed by atoms with E-state index < -0.39 is 35.5 Å². The van der Waals surface area contributed by atoms with E-state index in [0.717, 1.165) is 18.1 Å². The fourth-order valence-electron chi connectivity index (χ4n) is 3.91. The van der Waals surface area contributed by atoms with Crippen molar-refractivity contribution in [1.82, 2.24) is 0 Å². The number of hydrogen-bond donors (Lipinski definition) is 1. The summed E-state index contributed by atoms with van der Waals surface area (Å²) in [5.41, 5.74) is 0.733. The second-order valence-corrected chi connectivity index (χ2v) is 7.03. The molecule has 2 aromatic carbocycles. The van der Waals surface area contributed by atoms with E-state index in [1.807, 2.05) is 13.8 Å². The molecule has 1 N–H and O–H groups in total.